The van der Waals surface area contributed by atoms with Crippen molar-refractivity contribution in [1.29, 1.82) is 0 Å². The molecule has 3 aromatic carbocycles. The first-order chi connectivity index (χ1) is 14.0. The lowest BCUT2D eigenvalue weighted by Crippen LogP contribution is -2.33. The number of hydrogen-bond donors (Lipinski definition) is 1. The largest absolute Gasteiger partial charge is 0.350 e. The molecule has 0 saturated heterocycles. The molecule has 1 aliphatic rings. The summed E-state index contributed by atoms with van der Waals surface area (Å²) in [5, 5.41) is 3.71. The van der Waals surface area contributed by atoms with Crippen LogP contribution in [0, 0.1) is 6.92 Å². The highest BCUT2D eigenvalue weighted by atomic mass is 79.9. The van der Waals surface area contributed by atoms with E-state index in [1.54, 1.807) is 30.3 Å². The number of carbonyl (C=O) groups is 2. The normalized spacial score (nSPS) is 14.0. The van der Waals surface area contributed by atoms with Gasteiger partial charge in [-0.25, -0.2) is 4.90 Å². The third-order valence-electron chi connectivity index (χ3n) is 4.67. The number of nitrogens with zero attached hydrogens (tertiary/aromatic N) is 1. The van der Waals surface area contributed by atoms with E-state index in [0.717, 1.165) is 10.0 Å². The molecule has 0 radical (unpaired) electrons. The van der Waals surface area contributed by atoms with Gasteiger partial charge in [-0.2, -0.15) is 0 Å². The SMILES string of the molecule is Cc1ccccc1N1C(=O)C(Nc2cccc(Br)c2)=C(c2ccc(Cl)cc2)C1=O. The summed E-state index contributed by atoms with van der Waals surface area (Å²) in [6.07, 6.45) is 0. The Morgan fingerprint density at radius 1 is 0.897 bits per heavy atom. The zero-order valence-electron chi connectivity index (χ0n) is 15.4. The Balaban J connectivity index is 1.85. The van der Waals surface area contributed by atoms with E-state index < -0.39 is 5.91 Å². The molecular formula is C23H16BrClN2O2. The average Bonchev–Trinajstić information content (AvgIpc) is 2.93. The minimum atomic E-state index is -0.394. The summed E-state index contributed by atoms with van der Waals surface area (Å²) in [6, 6.07) is 21.7. The van der Waals surface area contributed by atoms with Crippen molar-refractivity contribution < 1.29 is 9.59 Å². The molecule has 4 nitrogen and oxygen atoms in total. The second-order valence-corrected chi connectivity index (χ2v) is 7.98. The summed E-state index contributed by atoms with van der Waals surface area (Å²) in [4.78, 5) is 28.0. The second-order valence-electron chi connectivity index (χ2n) is 6.62. The van der Waals surface area contributed by atoms with Crippen LogP contribution in [0.5, 0.6) is 0 Å². The highest BCUT2D eigenvalue weighted by Crippen LogP contribution is 2.35. The molecule has 0 aliphatic carbocycles. The average molecular weight is 468 g/mol. The van der Waals surface area contributed by atoms with Crippen LogP contribution < -0.4 is 10.2 Å². The lowest BCUT2D eigenvalue weighted by molar-refractivity contribution is -0.120. The first-order valence-electron chi connectivity index (χ1n) is 8.93. The lowest BCUT2D eigenvalue weighted by Gasteiger charge is -2.17. The van der Waals surface area contributed by atoms with Crippen molar-refractivity contribution in [3.05, 3.63) is 99.1 Å². The predicted molar refractivity (Wildman–Crippen MR) is 120 cm³/mol. The Hall–Kier alpha value is -2.89. The van der Waals surface area contributed by atoms with Gasteiger partial charge in [-0.15, -0.1) is 0 Å². The Kier molecular flexibility index (Phi) is 5.26. The number of anilines is 2. The van der Waals surface area contributed by atoms with Crippen LogP contribution in [0.25, 0.3) is 5.57 Å². The van der Waals surface area contributed by atoms with Crippen molar-refractivity contribution >= 4 is 56.3 Å². The van der Waals surface area contributed by atoms with Gasteiger partial charge in [0.15, 0.2) is 0 Å². The number of nitrogens with one attached hydrogen (secondary N) is 1. The molecule has 1 N–H and O–H groups in total. The smallest absolute Gasteiger partial charge is 0.282 e. The molecule has 0 saturated carbocycles. The first-order valence-corrected chi connectivity index (χ1v) is 10.1. The number of hydrogen-bond acceptors (Lipinski definition) is 3. The predicted octanol–water partition coefficient (Wildman–Crippen LogP) is 5.81. The van der Waals surface area contributed by atoms with E-state index in [2.05, 4.69) is 21.2 Å². The lowest BCUT2D eigenvalue weighted by atomic mass is 10.0. The van der Waals surface area contributed by atoms with Gasteiger partial charge in [0.25, 0.3) is 11.8 Å². The number of imide groups is 1. The van der Waals surface area contributed by atoms with E-state index in [1.165, 1.54) is 4.90 Å². The van der Waals surface area contributed by atoms with E-state index in [1.807, 2.05) is 49.4 Å². The van der Waals surface area contributed by atoms with Crippen LogP contribution in [0.4, 0.5) is 11.4 Å². The van der Waals surface area contributed by atoms with Crippen molar-refractivity contribution in [2.24, 2.45) is 0 Å². The van der Waals surface area contributed by atoms with Gasteiger partial charge in [0, 0.05) is 15.2 Å². The molecule has 144 valence electrons. The van der Waals surface area contributed by atoms with Crippen molar-refractivity contribution in [3.8, 4) is 0 Å². The topological polar surface area (TPSA) is 49.4 Å². The summed E-state index contributed by atoms with van der Waals surface area (Å²) in [7, 11) is 0. The summed E-state index contributed by atoms with van der Waals surface area (Å²) in [5.41, 5.74) is 3.29. The Morgan fingerprint density at radius 3 is 2.31 bits per heavy atom. The minimum absolute atomic E-state index is 0.235. The number of benzene rings is 3. The second kappa shape index (κ2) is 7.85. The van der Waals surface area contributed by atoms with Gasteiger partial charge < -0.3 is 5.32 Å². The summed E-state index contributed by atoms with van der Waals surface area (Å²) >= 11 is 9.44. The fourth-order valence-corrected chi connectivity index (χ4v) is 3.80. The van der Waals surface area contributed by atoms with Gasteiger partial charge in [0.2, 0.25) is 0 Å². The quantitative estimate of drug-likeness (QED) is 0.493. The van der Waals surface area contributed by atoms with Gasteiger partial charge >= 0.3 is 0 Å². The Bertz CT molecular complexity index is 1160. The molecule has 0 unspecified atom stereocenters. The molecule has 1 aliphatic heterocycles. The van der Waals surface area contributed by atoms with Crippen LogP contribution in [0.3, 0.4) is 0 Å². The van der Waals surface area contributed by atoms with Crippen molar-refractivity contribution in [2.45, 2.75) is 6.92 Å². The Morgan fingerprint density at radius 2 is 1.62 bits per heavy atom. The number of carbonyl (C=O) groups excluding carboxylic acids is 2. The van der Waals surface area contributed by atoms with Crippen molar-refractivity contribution in [2.75, 3.05) is 10.2 Å². The number of aryl methyl sites for hydroxylation is 1. The molecule has 29 heavy (non-hydrogen) atoms. The van der Waals surface area contributed by atoms with Crippen LogP contribution >= 0.6 is 27.5 Å². The van der Waals surface area contributed by atoms with Crippen LogP contribution in [-0.4, -0.2) is 11.8 Å². The molecule has 0 spiro atoms. The van der Waals surface area contributed by atoms with Gasteiger partial charge in [-0.1, -0.05) is 63.9 Å². The van der Waals surface area contributed by atoms with Gasteiger partial charge in [0.05, 0.1) is 11.3 Å². The molecule has 2 amide bonds. The molecule has 0 aromatic heterocycles. The van der Waals surface area contributed by atoms with Gasteiger partial charge in [0.1, 0.15) is 5.70 Å². The van der Waals surface area contributed by atoms with Gasteiger partial charge in [-0.05, 0) is 54.4 Å². The number of para-hydroxylation sites is 1. The summed E-state index contributed by atoms with van der Waals surface area (Å²) in [5.74, 6) is -0.765. The molecule has 1 heterocycles. The zero-order valence-corrected chi connectivity index (χ0v) is 17.8. The van der Waals surface area contributed by atoms with Crippen molar-refractivity contribution in [3.63, 3.8) is 0 Å². The van der Waals surface area contributed by atoms with Crippen LogP contribution in [0.15, 0.2) is 83.0 Å². The number of halogens is 2. The van der Waals surface area contributed by atoms with E-state index in [-0.39, 0.29) is 11.6 Å². The van der Waals surface area contributed by atoms with Crippen LogP contribution in [0.2, 0.25) is 5.02 Å². The van der Waals surface area contributed by atoms with E-state index in [9.17, 15) is 9.59 Å². The summed E-state index contributed by atoms with van der Waals surface area (Å²) < 4.78 is 0.865. The highest BCUT2D eigenvalue weighted by molar-refractivity contribution is 9.10. The third-order valence-corrected chi connectivity index (χ3v) is 5.41. The maximum absolute atomic E-state index is 13.4. The molecule has 6 heteroatoms. The third kappa shape index (κ3) is 3.71. The number of rotatable bonds is 4. The monoisotopic (exact) mass is 466 g/mol. The first kappa shape index (κ1) is 19.4. The zero-order chi connectivity index (χ0) is 20.5. The number of amides is 2. The molecule has 0 bridgehead atoms. The maximum atomic E-state index is 13.4. The maximum Gasteiger partial charge on any atom is 0.282 e. The standard InChI is InChI=1S/C23H16BrClN2O2/c1-14-5-2-3-8-19(14)27-22(28)20(15-9-11-17(25)12-10-15)21(23(27)29)26-18-7-4-6-16(24)13-18/h2-13,26H,1H3. The molecule has 4 rings (SSSR count). The van der Waals surface area contributed by atoms with E-state index >= 15 is 0 Å². The van der Waals surface area contributed by atoms with Crippen LogP contribution in [-0.2, 0) is 9.59 Å². The minimum Gasteiger partial charge on any atom is -0.350 e. The van der Waals surface area contributed by atoms with Crippen molar-refractivity contribution in [1.82, 2.24) is 0 Å². The van der Waals surface area contributed by atoms with Crippen LogP contribution in [0.1, 0.15) is 11.1 Å². The molecule has 0 atom stereocenters. The molecular weight excluding hydrogens is 452 g/mol. The fourth-order valence-electron chi connectivity index (χ4n) is 3.27. The molecule has 3 aromatic rings. The fraction of sp³-hybridized carbons (Fsp3) is 0.0435. The van der Waals surface area contributed by atoms with Gasteiger partial charge in [-0.3, -0.25) is 9.59 Å². The molecule has 0 fully saturated rings. The highest BCUT2D eigenvalue weighted by Gasteiger charge is 2.40. The van der Waals surface area contributed by atoms with E-state index in [4.69, 9.17) is 11.6 Å². The Labute approximate surface area is 181 Å². The summed E-state index contributed by atoms with van der Waals surface area (Å²) in [6.45, 7) is 1.87. The van der Waals surface area contributed by atoms with E-state index in [0.29, 0.717) is 27.5 Å².